The van der Waals surface area contributed by atoms with E-state index in [0.29, 0.717) is 0 Å². The van der Waals surface area contributed by atoms with Crippen LogP contribution in [0.1, 0.15) is 39.5 Å². The standard InChI is InChI=1S/C12H19BrO2/c1-9(7-13)8-3-4-10(9,2)11(5-6-11)12(8,14)15/h8,14-15H,3-7H2,1-2H3. The number of rotatable bonds is 1. The van der Waals surface area contributed by atoms with Crippen LogP contribution in [-0.2, 0) is 0 Å². The maximum absolute atomic E-state index is 10.4. The molecule has 3 aliphatic carbocycles. The third-order valence-corrected chi connectivity index (χ3v) is 7.40. The Kier molecular flexibility index (Phi) is 1.73. The maximum Gasteiger partial charge on any atom is 0.172 e. The van der Waals surface area contributed by atoms with E-state index < -0.39 is 5.79 Å². The summed E-state index contributed by atoms with van der Waals surface area (Å²) in [6, 6.07) is 0. The Labute approximate surface area is 99.2 Å². The number of fused-ring (bicyclic) bond motifs is 3. The summed E-state index contributed by atoms with van der Waals surface area (Å²) in [6.45, 7) is 4.50. The number of hydrogen-bond donors (Lipinski definition) is 2. The summed E-state index contributed by atoms with van der Waals surface area (Å²) in [5.74, 6) is -1.36. The molecule has 3 rings (SSSR count). The molecule has 0 amide bonds. The zero-order chi connectivity index (χ0) is 11.1. The van der Waals surface area contributed by atoms with Crippen molar-refractivity contribution in [3.05, 3.63) is 0 Å². The predicted molar refractivity (Wildman–Crippen MR) is 61.6 cm³/mol. The molecule has 2 nitrogen and oxygen atoms in total. The average Bonchev–Trinajstić information content (AvgIpc) is 2.90. The van der Waals surface area contributed by atoms with E-state index in [2.05, 4.69) is 29.8 Å². The number of halogens is 1. The Bertz CT molecular complexity index is 324. The normalized spacial score (nSPS) is 53.8. The first-order chi connectivity index (χ1) is 6.86. The Balaban J connectivity index is 2.18. The van der Waals surface area contributed by atoms with E-state index in [0.717, 1.165) is 31.0 Å². The molecule has 86 valence electrons. The van der Waals surface area contributed by atoms with Crippen LogP contribution in [-0.4, -0.2) is 21.3 Å². The van der Waals surface area contributed by atoms with Crippen LogP contribution in [0.3, 0.4) is 0 Å². The van der Waals surface area contributed by atoms with Crippen molar-refractivity contribution < 1.29 is 10.2 Å². The quantitative estimate of drug-likeness (QED) is 0.569. The fraction of sp³-hybridized carbons (Fsp3) is 1.00. The topological polar surface area (TPSA) is 40.5 Å². The van der Waals surface area contributed by atoms with Crippen LogP contribution in [0.2, 0.25) is 0 Å². The predicted octanol–water partition coefficient (Wildman–Crippen LogP) is 2.28. The first kappa shape index (κ1) is 10.5. The van der Waals surface area contributed by atoms with Gasteiger partial charge in [-0.25, -0.2) is 0 Å². The average molecular weight is 275 g/mol. The van der Waals surface area contributed by atoms with Gasteiger partial charge in [-0.2, -0.15) is 0 Å². The highest BCUT2D eigenvalue weighted by atomic mass is 79.9. The molecule has 1 spiro atoms. The van der Waals surface area contributed by atoms with Crippen LogP contribution in [0, 0.1) is 22.2 Å². The summed E-state index contributed by atoms with van der Waals surface area (Å²) in [7, 11) is 0. The van der Waals surface area contributed by atoms with Crippen molar-refractivity contribution in [1.82, 2.24) is 0 Å². The van der Waals surface area contributed by atoms with Crippen LogP contribution < -0.4 is 0 Å². The molecule has 0 radical (unpaired) electrons. The number of alkyl halides is 1. The van der Waals surface area contributed by atoms with Crippen molar-refractivity contribution in [2.75, 3.05) is 5.33 Å². The molecule has 3 heteroatoms. The maximum atomic E-state index is 10.4. The molecule has 3 fully saturated rings. The largest absolute Gasteiger partial charge is 0.365 e. The van der Waals surface area contributed by atoms with Gasteiger partial charge in [-0.15, -0.1) is 0 Å². The Morgan fingerprint density at radius 1 is 1.20 bits per heavy atom. The minimum atomic E-state index is -1.41. The SMILES string of the molecule is CC1(CBr)C2CCC1(C)C1(CC1)C2(O)O. The van der Waals surface area contributed by atoms with Gasteiger partial charge < -0.3 is 10.2 Å². The smallest absolute Gasteiger partial charge is 0.172 e. The zero-order valence-electron chi connectivity index (χ0n) is 9.39. The van der Waals surface area contributed by atoms with Crippen molar-refractivity contribution >= 4 is 15.9 Å². The highest BCUT2D eigenvalue weighted by molar-refractivity contribution is 9.09. The molecule has 3 saturated carbocycles. The van der Waals surface area contributed by atoms with Crippen molar-refractivity contribution in [1.29, 1.82) is 0 Å². The van der Waals surface area contributed by atoms with Crippen LogP contribution >= 0.6 is 15.9 Å². The number of aliphatic hydroxyl groups is 2. The molecule has 3 aliphatic rings. The van der Waals surface area contributed by atoms with Gasteiger partial charge in [-0.05, 0) is 36.5 Å². The second-order valence-corrected chi connectivity index (χ2v) is 6.84. The minimum Gasteiger partial charge on any atom is -0.365 e. The molecule has 15 heavy (non-hydrogen) atoms. The van der Waals surface area contributed by atoms with Gasteiger partial charge in [-0.3, -0.25) is 0 Å². The summed E-state index contributed by atoms with van der Waals surface area (Å²) in [5.41, 5.74) is -0.0316. The van der Waals surface area contributed by atoms with Crippen LogP contribution in [0.4, 0.5) is 0 Å². The fourth-order valence-corrected chi connectivity index (χ4v) is 5.89. The summed E-state index contributed by atoms with van der Waals surface area (Å²) < 4.78 is 0. The van der Waals surface area contributed by atoms with Gasteiger partial charge in [0, 0.05) is 16.7 Å². The van der Waals surface area contributed by atoms with E-state index in [1.165, 1.54) is 0 Å². The Morgan fingerprint density at radius 3 is 2.13 bits per heavy atom. The molecule has 3 unspecified atom stereocenters. The molecule has 0 aromatic carbocycles. The van der Waals surface area contributed by atoms with Gasteiger partial charge in [0.25, 0.3) is 0 Å². The van der Waals surface area contributed by atoms with Crippen LogP contribution in [0.5, 0.6) is 0 Å². The molecule has 0 aliphatic heterocycles. The lowest BCUT2D eigenvalue weighted by Crippen LogP contribution is -2.47. The van der Waals surface area contributed by atoms with Gasteiger partial charge in [0.05, 0.1) is 0 Å². The molecule has 2 N–H and O–H groups in total. The van der Waals surface area contributed by atoms with Gasteiger partial charge >= 0.3 is 0 Å². The highest BCUT2D eigenvalue weighted by Gasteiger charge is 2.84. The van der Waals surface area contributed by atoms with Crippen LogP contribution in [0.25, 0.3) is 0 Å². The Hall–Kier alpha value is 0.400. The molecule has 0 saturated heterocycles. The van der Waals surface area contributed by atoms with Crippen LogP contribution in [0.15, 0.2) is 0 Å². The lowest BCUT2D eigenvalue weighted by Gasteiger charge is -2.42. The third-order valence-electron chi connectivity index (χ3n) is 6.24. The summed E-state index contributed by atoms with van der Waals surface area (Å²) in [6.07, 6.45) is 4.11. The van der Waals surface area contributed by atoms with Crippen molar-refractivity contribution in [3.8, 4) is 0 Å². The van der Waals surface area contributed by atoms with Gasteiger partial charge in [0.15, 0.2) is 5.79 Å². The van der Waals surface area contributed by atoms with Crippen molar-refractivity contribution in [2.24, 2.45) is 22.2 Å². The highest BCUT2D eigenvalue weighted by Crippen LogP contribution is 2.84. The third kappa shape index (κ3) is 0.776. The second kappa shape index (κ2) is 2.46. The van der Waals surface area contributed by atoms with E-state index in [9.17, 15) is 10.2 Å². The van der Waals surface area contributed by atoms with Crippen molar-refractivity contribution in [3.63, 3.8) is 0 Å². The molecule has 3 atom stereocenters. The fourth-order valence-electron chi connectivity index (χ4n) is 4.88. The molecule has 0 aromatic rings. The summed E-state index contributed by atoms with van der Waals surface area (Å²) >= 11 is 3.60. The first-order valence-electron chi connectivity index (χ1n) is 5.86. The molecule has 0 aromatic heterocycles. The monoisotopic (exact) mass is 274 g/mol. The van der Waals surface area contributed by atoms with Gasteiger partial charge in [0.2, 0.25) is 0 Å². The zero-order valence-corrected chi connectivity index (χ0v) is 11.0. The summed E-state index contributed by atoms with van der Waals surface area (Å²) in [5, 5.41) is 21.8. The molecular formula is C12H19BrO2. The summed E-state index contributed by atoms with van der Waals surface area (Å²) in [4.78, 5) is 0. The lowest BCUT2D eigenvalue weighted by molar-refractivity contribution is -0.247. The van der Waals surface area contributed by atoms with E-state index >= 15 is 0 Å². The first-order valence-corrected chi connectivity index (χ1v) is 6.99. The van der Waals surface area contributed by atoms with E-state index in [1.807, 2.05) is 0 Å². The molecule has 2 bridgehead atoms. The van der Waals surface area contributed by atoms with Gasteiger partial charge in [0.1, 0.15) is 0 Å². The minimum absolute atomic E-state index is 0.0486. The molecule has 0 heterocycles. The lowest BCUT2D eigenvalue weighted by atomic mass is 9.64. The number of hydrogen-bond acceptors (Lipinski definition) is 2. The van der Waals surface area contributed by atoms with E-state index in [1.54, 1.807) is 0 Å². The van der Waals surface area contributed by atoms with Gasteiger partial charge in [-0.1, -0.05) is 29.8 Å². The van der Waals surface area contributed by atoms with E-state index in [-0.39, 0.29) is 22.2 Å². The van der Waals surface area contributed by atoms with Crippen molar-refractivity contribution in [2.45, 2.75) is 45.3 Å². The molecular weight excluding hydrogens is 256 g/mol. The second-order valence-electron chi connectivity index (χ2n) is 6.28. The van der Waals surface area contributed by atoms with E-state index in [4.69, 9.17) is 0 Å². The Morgan fingerprint density at radius 2 is 1.80 bits per heavy atom.